The van der Waals surface area contributed by atoms with Gasteiger partial charge in [-0.2, -0.15) is 0 Å². The first-order valence-corrected chi connectivity index (χ1v) is 10.1. The molecule has 0 saturated carbocycles. The Morgan fingerprint density at radius 1 is 1.26 bits per heavy atom. The highest BCUT2D eigenvalue weighted by atomic mass is 19.1. The number of aromatic nitrogens is 1. The third-order valence-electron chi connectivity index (χ3n) is 6.03. The van der Waals surface area contributed by atoms with E-state index in [1.54, 1.807) is 18.3 Å². The minimum absolute atomic E-state index is 0.0725. The van der Waals surface area contributed by atoms with Gasteiger partial charge in [-0.3, -0.25) is 0 Å². The number of hydrogen-bond donors (Lipinski definition) is 0. The molecule has 27 heavy (non-hydrogen) atoms. The van der Waals surface area contributed by atoms with Crippen LogP contribution >= 0.6 is 0 Å². The van der Waals surface area contributed by atoms with E-state index in [2.05, 4.69) is 16.8 Å². The van der Waals surface area contributed by atoms with Crippen molar-refractivity contribution in [2.75, 3.05) is 32.8 Å². The second-order valence-corrected chi connectivity index (χ2v) is 8.35. The molecule has 2 aliphatic rings. The van der Waals surface area contributed by atoms with Crippen LogP contribution < -0.4 is 0 Å². The molecule has 1 aromatic heterocycles. The number of hydrogen-bond acceptors (Lipinski definition) is 4. The lowest BCUT2D eigenvalue weighted by Crippen LogP contribution is -2.46. The van der Waals surface area contributed by atoms with Gasteiger partial charge >= 0.3 is 0 Å². The highest BCUT2D eigenvalue weighted by Crippen LogP contribution is 2.34. The van der Waals surface area contributed by atoms with Crippen molar-refractivity contribution in [3.8, 4) is 0 Å². The second kappa shape index (κ2) is 8.11. The predicted molar refractivity (Wildman–Crippen MR) is 102 cm³/mol. The molecular weight excluding hydrogens is 343 g/mol. The molecule has 0 unspecified atom stereocenters. The van der Waals surface area contributed by atoms with Crippen molar-refractivity contribution in [1.29, 1.82) is 0 Å². The third-order valence-corrected chi connectivity index (χ3v) is 6.03. The Labute approximate surface area is 160 Å². The quantitative estimate of drug-likeness (QED) is 0.789. The fourth-order valence-corrected chi connectivity index (χ4v) is 4.47. The minimum Gasteiger partial charge on any atom is -0.445 e. The first-order chi connectivity index (χ1) is 13.1. The molecule has 0 bridgehead atoms. The van der Waals surface area contributed by atoms with E-state index >= 15 is 0 Å². The van der Waals surface area contributed by atoms with Crippen molar-refractivity contribution in [1.82, 2.24) is 9.88 Å². The second-order valence-electron chi connectivity index (χ2n) is 8.35. The number of oxazole rings is 1. The number of ether oxygens (including phenoxy) is 1. The fraction of sp³-hybridized carbons (Fsp3) is 0.591. The third kappa shape index (κ3) is 4.41. The van der Waals surface area contributed by atoms with Crippen molar-refractivity contribution in [2.45, 2.75) is 44.4 Å². The van der Waals surface area contributed by atoms with E-state index < -0.39 is 0 Å². The van der Waals surface area contributed by atoms with Gasteiger partial charge < -0.3 is 14.1 Å². The minimum atomic E-state index is -0.193. The molecule has 0 spiro atoms. The lowest BCUT2D eigenvalue weighted by Gasteiger charge is -2.40. The van der Waals surface area contributed by atoms with E-state index in [9.17, 15) is 4.39 Å². The van der Waals surface area contributed by atoms with E-state index in [1.807, 2.05) is 6.07 Å². The molecule has 1 aromatic carbocycles. The average Bonchev–Trinajstić information content (AvgIpc) is 3.14. The zero-order valence-electron chi connectivity index (χ0n) is 16.1. The van der Waals surface area contributed by atoms with Gasteiger partial charge in [-0.15, -0.1) is 0 Å². The highest BCUT2D eigenvalue weighted by Gasteiger charge is 2.37. The number of likely N-dealkylation sites (tertiary alicyclic amines) is 1. The van der Waals surface area contributed by atoms with Crippen LogP contribution in [0.2, 0.25) is 0 Å². The highest BCUT2D eigenvalue weighted by molar-refractivity contribution is 5.22. The van der Waals surface area contributed by atoms with Crippen molar-refractivity contribution in [2.24, 2.45) is 5.92 Å². The molecule has 2 saturated heterocycles. The van der Waals surface area contributed by atoms with E-state index in [0.717, 1.165) is 63.3 Å². The SMILES string of the molecule is C[C@]1(c2ncc(Cc3ccccc3F)o2)CCCN(CC2CCOCC2)C1. The van der Waals surface area contributed by atoms with Gasteiger partial charge in [-0.1, -0.05) is 18.2 Å². The van der Waals surface area contributed by atoms with Crippen molar-refractivity contribution < 1.29 is 13.5 Å². The largest absolute Gasteiger partial charge is 0.445 e. The molecule has 2 fully saturated rings. The van der Waals surface area contributed by atoms with Crippen LogP contribution in [0.4, 0.5) is 4.39 Å². The Balaban J connectivity index is 1.42. The summed E-state index contributed by atoms with van der Waals surface area (Å²) in [5.41, 5.74) is 0.576. The lowest BCUT2D eigenvalue weighted by atomic mass is 9.81. The first kappa shape index (κ1) is 18.6. The summed E-state index contributed by atoms with van der Waals surface area (Å²) >= 11 is 0. The summed E-state index contributed by atoms with van der Waals surface area (Å²) in [4.78, 5) is 7.15. The van der Waals surface area contributed by atoms with Gasteiger partial charge in [0.2, 0.25) is 5.89 Å². The molecule has 0 N–H and O–H groups in total. The molecule has 1 atom stereocenters. The molecule has 0 amide bonds. The van der Waals surface area contributed by atoms with E-state index in [4.69, 9.17) is 9.15 Å². The summed E-state index contributed by atoms with van der Waals surface area (Å²) in [7, 11) is 0. The zero-order valence-corrected chi connectivity index (χ0v) is 16.1. The summed E-state index contributed by atoms with van der Waals surface area (Å²) in [6, 6.07) is 6.85. The Morgan fingerprint density at radius 3 is 2.89 bits per heavy atom. The summed E-state index contributed by atoms with van der Waals surface area (Å²) in [5, 5.41) is 0. The first-order valence-electron chi connectivity index (χ1n) is 10.1. The van der Waals surface area contributed by atoms with Gasteiger partial charge in [0.1, 0.15) is 11.6 Å². The molecule has 3 heterocycles. The molecule has 0 aliphatic carbocycles. The Morgan fingerprint density at radius 2 is 2.07 bits per heavy atom. The molecule has 5 heteroatoms. The number of halogens is 1. The van der Waals surface area contributed by atoms with Crippen LogP contribution in [0.25, 0.3) is 0 Å². The van der Waals surface area contributed by atoms with Crippen LogP contribution in [-0.4, -0.2) is 42.7 Å². The van der Waals surface area contributed by atoms with Crippen LogP contribution in [0.15, 0.2) is 34.9 Å². The number of rotatable bonds is 5. The van der Waals surface area contributed by atoms with Gasteiger partial charge in [0.15, 0.2) is 0 Å². The van der Waals surface area contributed by atoms with Crippen molar-refractivity contribution in [3.05, 3.63) is 53.5 Å². The predicted octanol–water partition coefficient (Wildman–Crippen LogP) is 4.18. The summed E-state index contributed by atoms with van der Waals surface area (Å²) in [6.45, 7) is 7.31. The van der Waals surface area contributed by atoms with Crippen LogP contribution in [0, 0.1) is 11.7 Å². The van der Waals surface area contributed by atoms with E-state index in [1.165, 1.54) is 18.9 Å². The lowest BCUT2D eigenvalue weighted by molar-refractivity contribution is 0.0409. The fourth-order valence-electron chi connectivity index (χ4n) is 4.47. The van der Waals surface area contributed by atoms with Crippen LogP contribution in [0.3, 0.4) is 0 Å². The summed E-state index contributed by atoms with van der Waals surface area (Å²) in [6.07, 6.45) is 6.78. The van der Waals surface area contributed by atoms with Gasteiger partial charge in [0.05, 0.1) is 11.6 Å². The smallest absolute Gasteiger partial charge is 0.201 e. The standard InChI is InChI=1S/C22H29FN2O2/c1-22(9-4-10-25(16-22)15-17-7-11-26-12-8-17)21-24-14-19(27-21)13-18-5-2-3-6-20(18)23/h2-3,5-6,14,17H,4,7-13,15-16H2,1H3/t22-/m0/s1. The van der Waals surface area contributed by atoms with Crippen LogP contribution in [-0.2, 0) is 16.6 Å². The molecule has 2 aliphatic heterocycles. The maximum absolute atomic E-state index is 13.9. The molecule has 2 aromatic rings. The topological polar surface area (TPSA) is 38.5 Å². The Bertz CT molecular complexity index is 756. The molecule has 4 rings (SSSR count). The maximum atomic E-state index is 13.9. The van der Waals surface area contributed by atoms with Crippen molar-refractivity contribution >= 4 is 0 Å². The van der Waals surface area contributed by atoms with Gasteiger partial charge in [0.25, 0.3) is 0 Å². The monoisotopic (exact) mass is 372 g/mol. The molecule has 4 nitrogen and oxygen atoms in total. The molecular formula is C22H29FN2O2. The summed E-state index contributed by atoms with van der Waals surface area (Å²) < 4.78 is 25.5. The Hall–Kier alpha value is -1.72. The van der Waals surface area contributed by atoms with Gasteiger partial charge in [-0.25, -0.2) is 9.37 Å². The normalized spacial score (nSPS) is 25.0. The molecule has 0 radical (unpaired) electrons. The van der Waals surface area contributed by atoms with Crippen molar-refractivity contribution in [3.63, 3.8) is 0 Å². The number of nitrogens with zero attached hydrogens (tertiary/aromatic N) is 2. The summed E-state index contributed by atoms with van der Waals surface area (Å²) in [5.74, 6) is 2.08. The average molecular weight is 372 g/mol. The van der Waals surface area contributed by atoms with Gasteiger partial charge in [-0.05, 0) is 56.7 Å². The maximum Gasteiger partial charge on any atom is 0.201 e. The molecule has 146 valence electrons. The zero-order chi connectivity index (χ0) is 18.7. The Kier molecular flexibility index (Phi) is 5.60. The van der Waals surface area contributed by atoms with Gasteiger partial charge in [0, 0.05) is 32.7 Å². The number of piperidine rings is 1. The van der Waals surface area contributed by atoms with E-state index in [0.29, 0.717) is 12.0 Å². The van der Waals surface area contributed by atoms with E-state index in [-0.39, 0.29) is 11.2 Å². The van der Waals surface area contributed by atoms with Crippen LogP contribution in [0.1, 0.15) is 49.8 Å². The number of benzene rings is 1. The van der Waals surface area contributed by atoms with Crippen LogP contribution in [0.5, 0.6) is 0 Å².